The summed E-state index contributed by atoms with van der Waals surface area (Å²) in [5.41, 5.74) is 2.95. The molecular weight excluding hydrogens is 389 g/mol. The van der Waals surface area contributed by atoms with Crippen molar-refractivity contribution in [3.63, 3.8) is 0 Å². The van der Waals surface area contributed by atoms with Crippen LogP contribution >= 0.6 is 0 Å². The van der Waals surface area contributed by atoms with E-state index in [4.69, 9.17) is 0 Å². The first-order chi connectivity index (χ1) is 13.9. The van der Waals surface area contributed by atoms with E-state index in [1.807, 2.05) is 12.2 Å². The molecule has 0 fully saturated rings. The van der Waals surface area contributed by atoms with Crippen LogP contribution in [0.4, 0.5) is 4.39 Å². The molecule has 1 aliphatic heterocycles. The van der Waals surface area contributed by atoms with Crippen molar-refractivity contribution in [2.45, 2.75) is 16.2 Å². The Hall–Kier alpha value is -3.25. The fraction of sp³-hybridized carbons (Fsp3) is 0.0870. The van der Waals surface area contributed by atoms with Crippen LogP contribution in [0.5, 0.6) is 0 Å². The standard InChI is InChI=1S/C23H18FNO3S/c24-19-7-3-16(4-8-19)1-2-17-5-9-20(10-6-17)29(27,28)21-11-12-22-18(15-21)13-14-25-23(22)26/h1-12,15H,13-14H2,(H,25,26). The van der Waals surface area contributed by atoms with Gasteiger partial charge in [-0.25, -0.2) is 12.8 Å². The van der Waals surface area contributed by atoms with Gasteiger partial charge in [0.2, 0.25) is 9.84 Å². The van der Waals surface area contributed by atoms with Crippen LogP contribution < -0.4 is 5.32 Å². The Kier molecular flexibility index (Phi) is 5.03. The topological polar surface area (TPSA) is 63.2 Å². The predicted octanol–water partition coefficient (Wildman–Crippen LogP) is 4.11. The summed E-state index contributed by atoms with van der Waals surface area (Å²) in [5, 5.41) is 2.75. The minimum atomic E-state index is -3.68. The molecule has 4 rings (SSSR count). The zero-order valence-corrected chi connectivity index (χ0v) is 16.2. The molecule has 146 valence electrons. The van der Waals surface area contributed by atoms with Crippen molar-refractivity contribution in [1.82, 2.24) is 5.32 Å². The fourth-order valence-electron chi connectivity index (χ4n) is 3.23. The first kappa shape index (κ1) is 19.1. The average molecular weight is 407 g/mol. The molecule has 0 saturated heterocycles. The predicted molar refractivity (Wildman–Crippen MR) is 110 cm³/mol. The van der Waals surface area contributed by atoms with Gasteiger partial charge in [-0.2, -0.15) is 0 Å². The van der Waals surface area contributed by atoms with E-state index in [9.17, 15) is 17.6 Å². The van der Waals surface area contributed by atoms with Crippen molar-refractivity contribution < 1.29 is 17.6 Å². The Morgan fingerprint density at radius 3 is 2.07 bits per heavy atom. The molecule has 0 atom stereocenters. The number of halogens is 1. The second-order valence-electron chi connectivity index (χ2n) is 6.78. The fourth-order valence-corrected chi connectivity index (χ4v) is 4.54. The monoisotopic (exact) mass is 407 g/mol. The quantitative estimate of drug-likeness (QED) is 0.662. The highest BCUT2D eigenvalue weighted by atomic mass is 32.2. The Bertz CT molecular complexity index is 1200. The summed E-state index contributed by atoms with van der Waals surface area (Å²) in [4.78, 5) is 12.2. The van der Waals surface area contributed by atoms with Crippen LogP contribution in [0.3, 0.4) is 0 Å². The summed E-state index contributed by atoms with van der Waals surface area (Å²) >= 11 is 0. The normalized spacial score (nSPS) is 13.9. The third kappa shape index (κ3) is 3.98. The number of amides is 1. The Labute approximate surface area is 168 Å². The lowest BCUT2D eigenvalue weighted by Crippen LogP contribution is -2.31. The van der Waals surface area contributed by atoms with Gasteiger partial charge in [-0.15, -0.1) is 0 Å². The van der Waals surface area contributed by atoms with Crippen molar-refractivity contribution in [2.75, 3.05) is 6.54 Å². The summed E-state index contributed by atoms with van der Waals surface area (Å²) < 4.78 is 38.9. The number of sulfone groups is 1. The molecule has 0 saturated carbocycles. The van der Waals surface area contributed by atoms with Gasteiger partial charge in [0.25, 0.3) is 5.91 Å². The molecule has 0 unspecified atom stereocenters. The summed E-state index contributed by atoms with van der Waals surface area (Å²) in [7, 11) is -3.68. The summed E-state index contributed by atoms with van der Waals surface area (Å²) in [6, 6.07) is 17.3. The second-order valence-corrected chi connectivity index (χ2v) is 8.73. The molecule has 29 heavy (non-hydrogen) atoms. The Balaban J connectivity index is 1.58. The second kappa shape index (κ2) is 7.64. The Morgan fingerprint density at radius 2 is 1.41 bits per heavy atom. The molecule has 0 radical (unpaired) electrons. The first-order valence-corrected chi connectivity index (χ1v) is 10.6. The van der Waals surface area contributed by atoms with Crippen molar-refractivity contribution in [3.8, 4) is 0 Å². The van der Waals surface area contributed by atoms with Crippen LogP contribution in [0.15, 0.2) is 76.5 Å². The molecule has 1 amide bonds. The third-order valence-electron chi connectivity index (χ3n) is 4.84. The Morgan fingerprint density at radius 1 is 0.828 bits per heavy atom. The van der Waals surface area contributed by atoms with Crippen molar-refractivity contribution in [2.24, 2.45) is 0 Å². The lowest BCUT2D eigenvalue weighted by atomic mass is 10.0. The lowest BCUT2D eigenvalue weighted by Gasteiger charge is -2.17. The van der Waals surface area contributed by atoms with E-state index < -0.39 is 9.84 Å². The van der Waals surface area contributed by atoms with Gasteiger partial charge in [-0.1, -0.05) is 36.4 Å². The van der Waals surface area contributed by atoms with Gasteiger partial charge in [0, 0.05) is 12.1 Å². The molecule has 3 aromatic carbocycles. The molecule has 1 N–H and O–H groups in total. The number of carbonyl (C=O) groups is 1. The van der Waals surface area contributed by atoms with E-state index in [1.165, 1.54) is 18.2 Å². The van der Waals surface area contributed by atoms with Crippen LogP contribution in [0.1, 0.15) is 27.0 Å². The highest BCUT2D eigenvalue weighted by Gasteiger charge is 2.22. The minimum absolute atomic E-state index is 0.174. The molecule has 1 heterocycles. The van der Waals surface area contributed by atoms with Crippen LogP contribution in [0, 0.1) is 5.82 Å². The number of carbonyl (C=O) groups excluding carboxylic acids is 1. The maximum atomic E-state index is 13.0. The molecule has 0 aliphatic carbocycles. The van der Waals surface area contributed by atoms with Gasteiger partial charge in [0.1, 0.15) is 5.82 Å². The molecule has 3 aromatic rings. The molecule has 0 aromatic heterocycles. The van der Waals surface area contributed by atoms with Crippen molar-refractivity contribution >= 4 is 27.9 Å². The van der Waals surface area contributed by atoms with Crippen molar-refractivity contribution in [3.05, 3.63) is 94.8 Å². The number of benzene rings is 3. The molecule has 0 spiro atoms. The van der Waals surface area contributed by atoms with E-state index in [-0.39, 0.29) is 21.5 Å². The minimum Gasteiger partial charge on any atom is -0.352 e. The van der Waals surface area contributed by atoms with E-state index in [2.05, 4.69) is 5.32 Å². The van der Waals surface area contributed by atoms with Gasteiger partial charge in [0.05, 0.1) is 9.79 Å². The summed E-state index contributed by atoms with van der Waals surface area (Å²) in [6.07, 6.45) is 4.27. The SMILES string of the molecule is O=C1NCCc2cc(S(=O)(=O)c3ccc(C=Cc4ccc(F)cc4)cc3)ccc21. The van der Waals surface area contributed by atoms with E-state index in [1.54, 1.807) is 48.5 Å². The zero-order chi connectivity index (χ0) is 20.4. The smallest absolute Gasteiger partial charge is 0.251 e. The van der Waals surface area contributed by atoms with E-state index in [0.717, 1.165) is 16.7 Å². The van der Waals surface area contributed by atoms with E-state index >= 15 is 0 Å². The highest BCUT2D eigenvalue weighted by molar-refractivity contribution is 7.91. The van der Waals surface area contributed by atoms with E-state index in [0.29, 0.717) is 18.5 Å². The lowest BCUT2D eigenvalue weighted by molar-refractivity contribution is 0.0946. The van der Waals surface area contributed by atoms with Gasteiger partial charge in [-0.05, 0) is 65.6 Å². The van der Waals surface area contributed by atoms with Crippen LogP contribution in [0.25, 0.3) is 12.2 Å². The highest BCUT2D eigenvalue weighted by Crippen LogP contribution is 2.25. The number of rotatable bonds is 4. The summed E-state index contributed by atoms with van der Waals surface area (Å²) in [5.74, 6) is -0.466. The van der Waals surface area contributed by atoms with Gasteiger partial charge < -0.3 is 5.32 Å². The number of nitrogens with one attached hydrogen (secondary N) is 1. The molecule has 4 nitrogen and oxygen atoms in total. The van der Waals surface area contributed by atoms with Crippen LogP contribution in [-0.2, 0) is 16.3 Å². The van der Waals surface area contributed by atoms with Crippen molar-refractivity contribution in [1.29, 1.82) is 0 Å². The van der Waals surface area contributed by atoms with Gasteiger partial charge in [-0.3, -0.25) is 4.79 Å². The maximum absolute atomic E-state index is 13.0. The average Bonchev–Trinajstić information content (AvgIpc) is 2.73. The number of hydrogen-bond donors (Lipinski definition) is 1. The zero-order valence-electron chi connectivity index (χ0n) is 15.4. The maximum Gasteiger partial charge on any atom is 0.251 e. The third-order valence-corrected chi connectivity index (χ3v) is 6.61. The molecule has 1 aliphatic rings. The van der Waals surface area contributed by atoms with Gasteiger partial charge in [0.15, 0.2) is 0 Å². The molecule has 6 heteroatoms. The molecule has 0 bridgehead atoms. The van der Waals surface area contributed by atoms with Crippen LogP contribution in [0.2, 0.25) is 0 Å². The number of hydrogen-bond acceptors (Lipinski definition) is 3. The molecular formula is C23H18FNO3S. The first-order valence-electron chi connectivity index (χ1n) is 9.13. The summed E-state index contributed by atoms with van der Waals surface area (Å²) in [6.45, 7) is 0.504. The number of fused-ring (bicyclic) bond motifs is 1. The van der Waals surface area contributed by atoms with Gasteiger partial charge >= 0.3 is 0 Å². The largest absolute Gasteiger partial charge is 0.352 e. The van der Waals surface area contributed by atoms with Crippen LogP contribution in [-0.4, -0.2) is 20.9 Å².